The highest BCUT2D eigenvalue weighted by Gasteiger charge is 2.28. The lowest BCUT2D eigenvalue weighted by molar-refractivity contribution is 0.235. The molecule has 0 saturated heterocycles. The Morgan fingerprint density at radius 3 is 2.84 bits per heavy atom. The number of nitrogens with zero attached hydrogens (tertiary/aromatic N) is 1. The molecule has 4 heteroatoms. The van der Waals surface area contributed by atoms with E-state index in [1.54, 1.807) is 7.11 Å². The van der Waals surface area contributed by atoms with E-state index >= 15 is 0 Å². The molecule has 3 aromatic rings. The third-order valence-corrected chi connectivity index (χ3v) is 7.05. The van der Waals surface area contributed by atoms with Crippen LogP contribution in [0.2, 0.25) is 0 Å². The molecule has 1 heterocycles. The summed E-state index contributed by atoms with van der Waals surface area (Å²) in [5.41, 5.74) is 11.2. The fourth-order valence-electron chi connectivity index (χ4n) is 5.30. The first-order chi connectivity index (χ1) is 15.2. The maximum absolute atomic E-state index is 6.20. The summed E-state index contributed by atoms with van der Waals surface area (Å²) in [5.74, 6) is 2.91. The van der Waals surface area contributed by atoms with Gasteiger partial charge in [-0.15, -0.1) is 0 Å². The number of aromatic nitrogens is 1. The number of hydrogen-bond acceptors (Lipinski definition) is 4. The van der Waals surface area contributed by atoms with Gasteiger partial charge >= 0.3 is 0 Å². The molecular formula is C27H35N3O. The molecule has 1 fully saturated rings. The maximum Gasteiger partial charge on any atom is 0.123 e. The van der Waals surface area contributed by atoms with Crippen molar-refractivity contribution in [1.29, 1.82) is 0 Å². The van der Waals surface area contributed by atoms with Crippen molar-refractivity contribution in [3.63, 3.8) is 0 Å². The van der Waals surface area contributed by atoms with Crippen molar-refractivity contribution in [3.8, 4) is 5.75 Å². The van der Waals surface area contributed by atoms with Gasteiger partial charge in [0.25, 0.3) is 0 Å². The summed E-state index contributed by atoms with van der Waals surface area (Å²) in [7, 11) is 1.74. The third kappa shape index (κ3) is 4.91. The van der Waals surface area contributed by atoms with Crippen LogP contribution in [0, 0.1) is 11.8 Å². The topological polar surface area (TPSA) is 60.2 Å². The zero-order valence-electron chi connectivity index (χ0n) is 18.8. The van der Waals surface area contributed by atoms with Crippen LogP contribution in [0.4, 0.5) is 0 Å². The summed E-state index contributed by atoms with van der Waals surface area (Å²) in [6.45, 7) is 4.82. The standard InChI is InChI=1S/C27H35N3O/c1-19(17-29-18-23-7-3-4-11-26(23)31-2)21-8-5-9-22(15-21)24-13-12-20-10-6-14-30-27(20)25(24)16-28/h3-4,6-7,10-14,19,21-22,29H,5,8-9,15-18,28H2,1-2H3/t19?,21-,22?/m1/s1. The molecule has 4 nitrogen and oxygen atoms in total. The predicted octanol–water partition coefficient (Wildman–Crippen LogP) is 5.40. The normalized spacial score (nSPS) is 20.0. The quantitative estimate of drug-likeness (QED) is 0.515. The fourth-order valence-corrected chi connectivity index (χ4v) is 5.30. The van der Waals surface area contributed by atoms with E-state index in [4.69, 9.17) is 10.5 Å². The van der Waals surface area contributed by atoms with Crippen molar-refractivity contribution < 1.29 is 4.74 Å². The number of para-hydroxylation sites is 1. The molecule has 164 valence electrons. The average Bonchev–Trinajstić information content (AvgIpc) is 2.83. The number of hydrogen-bond donors (Lipinski definition) is 2. The van der Waals surface area contributed by atoms with Gasteiger partial charge in [-0.25, -0.2) is 0 Å². The Labute approximate surface area is 186 Å². The fraction of sp³-hybridized carbons (Fsp3) is 0.444. The van der Waals surface area contributed by atoms with E-state index in [-0.39, 0.29) is 0 Å². The van der Waals surface area contributed by atoms with Gasteiger partial charge in [0.1, 0.15) is 5.75 Å². The molecule has 1 saturated carbocycles. The van der Waals surface area contributed by atoms with Gasteiger partial charge in [0, 0.05) is 30.2 Å². The highest BCUT2D eigenvalue weighted by atomic mass is 16.5. The summed E-state index contributed by atoms with van der Waals surface area (Å²) < 4.78 is 5.48. The summed E-state index contributed by atoms with van der Waals surface area (Å²) in [4.78, 5) is 4.64. The van der Waals surface area contributed by atoms with Gasteiger partial charge in [-0.3, -0.25) is 4.98 Å². The molecule has 1 aliphatic rings. The van der Waals surface area contributed by atoms with Crippen molar-refractivity contribution in [2.75, 3.05) is 13.7 Å². The van der Waals surface area contributed by atoms with E-state index in [1.807, 2.05) is 24.4 Å². The molecule has 1 aliphatic carbocycles. The first-order valence-electron chi connectivity index (χ1n) is 11.6. The number of fused-ring (bicyclic) bond motifs is 1. The van der Waals surface area contributed by atoms with Crippen LogP contribution in [0.3, 0.4) is 0 Å². The third-order valence-electron chi connectivity index (χ3n) is 7.05. The van der Waals surface area contributed by atoms with E-state index in [2.05, 4.69) is 47.6 Å². The van der Waals surface area contributed by atoms with E-state index in [0.717, 1.165) is 30.3 Å². The number of nitrogens with two attached hydrogens (primary N) is 1. The molecule has 3 atom stereocenters. The smallest absolute Gasteiger partial charge is 0.123 e. The number of benzene rings is 2. The van der Waals surface area contributed by atoms with Crippen LogP contribution >= 0.6 is 0 Å². The maximum atomic E-state index is 6.20. The Bertz CT molecular complexity index is 1000. The monoisotopic (exact) mass is 417 g/mol. The minimum Gasteiger partial charge on any atom is -0.496 e. The van der Waals surface area contributed by atoms with Crippen molar-refractivity contribution in [2.24, 2.45) is 17.6 Å². The minimum absolute atomic E-state index is 0.556. The average molecular weight is 418 g/mol. The summed E-state index contributed by atoms with van der Waals surface area (Å²) >= 11 is 0. The number of pyridine rings is 1. The van der Waals surface area contributed by atoms with Gasteiger partial charge < -0.3 is 15.8 Å². The van der Waals surface area contributed by atoms with Crippen LogP contribution in [-0.2, 0) is 13.1 Å². The molecule has 0 amide bonds. The van der Waals surface area contributed by atoms with Gasteiger partial charge in [0.05, 0.1) is 12.6 Å². The number of ether oxygens (including phenoxy) is 1. The van der Waals surface area contributed by atoms with E-state index in [0.29, 0.717) is 18.4 Å². The van der Waals surface area contributed by atoms with Crippen LogP contribution in [0.1, 0.15) is 55.2 Å². The highest BCUT2D eigenvalue weighted by Crippen LogP contribution is 2.41. The lowest BCUT2D eigenvalue weighted by Crippen LogP contribution is -2.29. The number of methoxy groups -OCH3 is 1. The van der Waals surface area contributed by atoms with Gasteiger partial charge in [-0.1, -0.05) is 56.2 Å². The molecule has 1 aromatic heterocycles. The zero-order chi connectivity index (χ0) is 21.6. The minimum atomic E-state index is 0.556. The van der Waals surface area contributed by atoms with E-state index in [9.17, 15) is 0 Å². The molecule has 3 N–H and O–H groups in total. The van der Waals surface area contributed by atoms with Crippen LogP contribution in [0.25, 0.3) is 10.9 Å². The molecule has 2 unspecified atom stereocenters. The molecule has 0 bridgehead atoms. The van der Waals surface area contributed by atoms with E-state index in [1.165, 1.54) is 47.8 Å². The second-order valence-electron chi connectivity index (χ2n) is 8.96. The largest absolute Gasteiger partial charge is 0.496 e. The Morgan fingerprint density at radius 2 is 2.00 bits per heavy atom. The molecule has 0 radical (unpaired) electrons. The highest BCUT2D eigenvalue weighted by molar-refractivity contribution is 5.83. The predicted molar refractivity (Wildman–Crippen MR) is 128 cm³/mol. The lowest BCUT2D eigenvalue weighted by atomic mass is 9.72. The first kappa shape index (κ1) is 21.8. The summed E-state index contributed by atoms with van der Waals surface area (Å²) in [6.07, 6.45) is 6.98. The Hall–Kier alpha value is -2.43. The Kier molecular flexibility index (Phi) is 7.21. The Morgan fingerprint density at radius 1 is 1.13 bits per heavy atom. The van der Waals surface area contributed by atoms with Gasteiger partial charge in [0.15, 0.2) is 0 Å². The Balaban J connectivity index is 1.41. The number of nitrogens with one attached hydrogen (secondary N) is 1. The lowest BCUT2D eigenvalue weighted by Gasteiger charge is -2.34. The molecule has 4 rings (SSSR count). The molecule has 2 aromatic carbocycles. The summed E-state index contributed by atoms with van der Waals surface area (Å²) in [6, 6.07) is 16.9. The van der Waals surface area contributed by atoms with Gasteiger partial charge in [-0.05, 0) is 60.4 Å². The van der Waals surface area contributed by atoms with E-state index < -0.39 is 0 Å². The molecule has 0 aliphatic heterocycles. The van der Waals surface area contributed by atoms with Gasteiger partial charge in [0.2, 0.25) is 0 Å². The SMILES string of the molecule is COc1ccccc1CNCC(C)[C@@H]1CCCC(c2ccc3cccnc3c2CN)C1. The summed E-state index contributed by atoms with van der Waals surface area (Å²) in [5, 5.41) is 4.85. The van der Waals surface area contributed by atoms with Crippen LogP contribution in [-0.4, -0.2) is 18.6 Å². The zero-order valence-corrected chi connectivity index (χ0v) is 18.8. The molecule has 0 spiro atoms. The van der Waals surface area contributed by atoms with Crippen LogP contribution in [0.5, 0.6) is 5.75 Å². The molecule has 31 heavy (non-hydrogen) atoms. The first-order valence-corrected chi connectivity index (χ1v) is 11.6. The van der Waals surface area contributed by atoms with Crippen LogP contribution < -0.4 is 15.8 Å². The van der Waals surface area contributed by atoms with Gasteiger partial charge in [-0.2, -0.15) is 0 Å². The van der Waals surface area contributed by atoms with Crippen molar-refractivity contribution >= 4 is 10.9 Å². The van der Waals surface area contributed by atoms with Crippen LogP contribution in [0.15, 0.2) is 54.7 Å². The van der Waals surface area contributed by atoms with Crippen molar-refractivity contribution in [2.45, 2.75) is 51.6 Å². The second kappa shape index (κ2) is 10.3. The second-order valence-corrected chi connectivity index (χ2v) is 8.96. The van der Waals surface area contributed by atoms with Crippen molar-refractivity contribution in [1.82, 2.24) is 10.3 Å². The van der Waals surface area contributed by atoms with Crippen molar-refractivity contribution in [3.05, 3.63) is 71.4 Å². The number of rotatable bonds is 8. The molecular weight excluding hydrogens is 382 g/mol.